The molecule has 1 aromatic carbocycles. The number of carbonyl (C=O) groups is 3. The third-order valence-corrected chi connectivity index (χ3v) is 4.58. The van der Waals surface area contributed by atoms with Crippen LogP contribution in [0.3, 0.4) is 0 Å². The van der Waals surface area contributed by atoms with Gasteiger partial charge >= 0.3 is 5.97 Å². The van der Waals surface area contributed by atoms with Crippen molar-refractivity contribution < 1.29 is 19.5 Å². The molecule has 0 bridgehead atoms. The second-order valence-corrected chi connectivity index (χ2v) is 7.30. The van der Waals surface area contributed by atoms with E-state index in [-0.39, 0.29) is 29.5 Å². The summed E-state index contributed by atoms with van der Waals surface area (Å²) in [7, 11) is 3.95. The Morgan fingerprint density at radius 1 is 1.40 bits per heavy atom. The molecule has 0 saturated carbocycles. The zero-order chi connectivity index (χ0) is 18.6. The number of benzene rings is 1. The highest BCUT2D eigenvalue weighted by molar-refractivity contribution is 9.10. The van der Waals surface area contributed by atoms with Crippen molar-refractivity contribution in [1.29, 1.82) is 0 Å². The lowest BCUT2D eigenvalue weighted by Gasteiger charge is -2.18. The molecule has 1 fully saturated rings. The van der Waals surface area contributed by atoms with E-state index in [0.717, 1.165) is 13.0 Å². The molecule has 2 rings (SSSR count). The molecule has 1 aromatic rings. The molecule has 0 aromatic heterocycles. The number of carboxylic acids is 1. The van der Waals surface area contributed by atoms with E-state index in [1.54, 1.807) is 11.0 Å². The van der Waals surface area contributed by atoms with Gasteiger partial charge in [0.1, 0.15) is 0 Å². The van der Waals surface area contributed by atoms with Gasteiger partial charge in [0, 0.05) is 24.0 Å². The van der Waals surface area contributed by atoms with Crippen LogP contribution in [0.15, 0.2) is 22.7 Å². The number of hydrogen-bond donors (Lipinski definition) is 2. The normalized spacial score (nSPS) is 17.2. The molecule has 7 nitrogen and oxygen atoms in total. The summed E-state index contributed by atoms with van der Waals surface area (Å²) in [4.78, 5) is 39.6. The Morgan fingerprint density at radius 3 is 2.76 bits per heavy atom. The van der Waals surface area contributed by atoms with Crippen LogP contribution >= 0.6 is 15.9 Å². The van der Waals surface area contributed by atoms with Gasteiger partial charge in [-0.1, -0.05) is 15.9 Å². The van der Waals surface area contributed by atoms with E-state index < -0.39 is 11.9 Å². The minimum atomic E-state index is -1.12. The van der Waals surface area contributed by atoms with Gasteiger partial charge in [-0.25, -0.2) is 4.79 Å². The zero-order valence-corrected chi connectivity index (χ0v) is 15.9. The summed E-state index contributed by atoms with van der Waals surface area (Å²) in [6.07, 6.45) is 1.01. The molecular formula is C17H22BrN3O4. The summed E-state index contributed by atoms with van der Waals surface area (Å²) in [5, 5.41) is 11.9. The van der Waals surface area contributed by atoms with Gasteiger partial charge < -0.3 is 20.2 Å². The number of likely N-dealkylation sites (tertiary alicyclic amines) is 1. The van der Waals surface area contributed by atoms with Crippen LogP contribution in [0.1, 0.15) is 23.2 Å². The maximum Gasteiger partial charge on any atom is 0.337 e. The summed E-state index contributed by atoms with van der Waals surface area (Å²) >= 11 is 3.22. The maximum absolute atomic E-state index is 12.4. The number of nitrogens with one attached hydrogen (secondary N) is 1. The quantitative estimate of drug-likeness (QED) is 0.714. The van der Waals surface area contributed by atoms with Crippen molar-refractivity contribution in [3.63, 3.8) is 0 Å². The highest BCUT2D eigenvalue weighted by Gasteiger charge is 2.34. The zero-order valence-electron chi connectivity index (χ0n) is 14.3. The SMILES string of the molecule is CN(C)CCCN1CC(C(=O)Nc2ccc(Br)cc2C(=O)O)CC1=O. The first-order valence-electron chi connectivity index (χ1n) is 8.04. The van der Waals surface area contributed by atoms with E-state index in [9.17, 15) is 19.5 Å². The molecule has 1 saturated heterocycles. The fourth-order valence-corrected chi connectivity index (χ4v) is 3.14. The van der Waals surface area contributed by atoms with Crippen LogP contribution in [0, 0.1) is 5.92 Å². The Hall–Kier alpha value is -1.93. The maximum atomic E-state index is 12.4. The minimum absolute atomic E-state index is 0.00916. The highest BCUT2D eigenvalue weighted by atomic mass is 79.9. The molecule has 1 aliphatic rings. The van der Waals surface area contributed by atoms with Gasteiger partial charge in [0.15, 0.2) is 0 Å². The monoisotopic (exact) mass is 411 g/mol. The largest absolute Gasteiger partial charge is 0.478 e. The second-order valence-electron chi connectivity index (χ2n) is 6.38. The topological polar surface area (TPSA) is 89.9 Å². The van der Waals surface area contributed by atoms with Crippen LogP contribution in [-0.2, 0) is 9.59 Å². The van der Waals surface area contributed by atoms with E-state index >= 15 is 0 Å². The summed E-state index contributed by atoms with van der Waals surface area (Å²) in [5.74, 6) is -1.94. The van der Waals surface area contributed by atoms with Crippen molar-refractivity contribution in [2.24, 2.45) is 5.92 Å². The smallest absolute Gasteiger partial charge is 0.337 e. The Morgan fingerprint density at radius 2 is 2.12 bits per heavy atom. The molecule has 2 N–H and O–H groups in total. The van der Waals surface area contributed by atoms with Crippen LogP contribution in [0.4, 0.5) is 5.69 Å². The lowest BCUT2D eigenvalue weighted by molar-refractivity contribution is -0.128. The third-order valence-electron chi connectivity index (χ3n) is 4.09. The summed E-state index contributed by atoms with van der Waals surface area (Å²) in [6.45, 7) is 1.87. The molecule has 1 atom stereocenters. The highest BCUT2D eigenvalue weighted by Crippen LogP contribution is 2.24. The van der Waals surface area contributed by atoms with Crippen LogP contribution in [-0.4, -0.2) is 66.4 Å². The predicted octanol–water partition coefficient (Wildman–Crippen LogP) is 1.89. The standard InChI is InChI=1S/C17H22BrN3O4/c1-20(2)6-3-7-21-10-11(8-15(21)22)16(23)19-14-5-4-12(18)9-13(14)17(24)25/h4-5,9,11H,3,6-8,10H2,1-2H3,(H,19,23)(H,24,25). The summed E-state index contributed by atoms with van der Waals surface area (Å²) in [6, 6.07) is 4.64. The Balaban J connectivity index is 1.98. The van der Waals surface area contributed by atoms with Crippen LogP contribution in [0.2, 0.25) is 0 Å². The summed E-state index contributed by atoms with van der Waals surface area (Å²) < 4.78 is 0.617. The summed E-state index contributed by atoms with van der Waals surface area (Å²) in [5.41, 5.74) is 0.245. The molecule has 8 heteroatoms. The van der Waals surface area contributed by atoms with E-state index in [0.29, 0.717) is 17.6 Å². The molecule has 0 spiro atoms. The van der Waals surface area contributed by atoms with E-state index in [4.69, 9.17) is 0 Å². The number of nitrogens with zero attached hydrogens (tertiary/aromatic N) is 2. The number of anilines is 1. The molecule has 0 radical (unpaired) electrons. The lowest BCUT2D eigenvalue weighted by atomic mass is 10.1. The first-order chi connectivity index (χ1) is 11.8. The van der Waals surface area contributed by atoms with Gasteiger partial charge in [0.2, 0.25) is 11.8 Å². The van der Waals surface area contributed by atoms with Crippen molar-refractivity contribution in [2.75, 3.05) is 39.0 Å². The molecule has 136 valence electrons. The molecule has 1 unspecified atom stereocenters. The van der Waals surface area contributed by atoms with Gasteiger partial charge in [-0.05, 0) is 45.3 Å². The van der Waals surface area contributed by atoms with Crippen LogP contribution in [0.5, 0.6) is 0 Å². The number of halogens is 1. The lowest BCUT2D eigenvalue weighted by Crippen LogP contribution is -2.30. The average molecular weight is 412 g/mol. The number of amides is 2. The number of carbonyl (C=O) groups excluding carboxylic acids is 2. The molecule has 25 heavy (non-hydrogen) atoms. The van der Waals surface area contributed by atoms with Crippen LogP contribution in [0.25, 0.3) is 0 Å². The number of hydrogen-bond acceptors (Lipinski definition) is 4. The van der Waals surface area contributed by atoms with Crippen molar-refractivity contribution in [3.05, 3.63) is 28.2 Å². The molecular weight excluding hydrogens is 390 g/mol. The first kappa shape index (κ1) is 19.4. The van der Waals surface area contributed by atoms with Gasteiger partial charge in [-0.2, -0.15) is 0 Å². The van der Waals surface area contributed by atoms with Gasteiger partial charge in [0.25, 0.3) is 0 Å². The van der Waals surface area contributed by atoms with Gasteiger partial charge in [-0.3, -0.25) is 9.59 Å². The third kappa shape index (κ3) is 5.27. The fraction of sp³-hybridized carbons (Fsp3) is 0.471. The Labute approximate surface area is 155 Å². The molecule has 2 amide bonds. The number of aromatic carboxylic acids is 1. The predicted molar refractivity (Wildman–Crippen MR) is 97.6 cm³/mol. The van der Waals surface area contributed by atoms with Crippen LogP contribution < -0.4 is 5.32 Å². The number of rotatable bonds is 7. The molecule has 0 aliphatic carbocycles. The van der Waals surface area contributed by atoms with Crippen molar-refractivity contribution in [1.82, 2.24) is 9.80 Å². The fourth-order valence-electron chi connectivity index (χ4n) is 2.78. The Bertz CT molecular complexity index is 678. The minimum Gasteiger partial charge on any atom is -0.478 e. The van der Waals surface area contributed by atoms with E-state index in [1.807, 2.05) is 19.0 Å². The van der Waals surface area contributed by atoms with Gasteiger partial charge in [0.05, 0.1) is 17.2 Å². The molecule has 1 aliphatic heterocycles. The first-order valence-corrected chi connectivity index (χ1v) is 8.83. The van der Waals surface area contributed by atoms with Crippen molar-refractivity contribution in [2.45, 2.75) is 12.8 Å². The second kappa shape index (κ2) is 8.44. The number of carboxylic acid groups (broad SMARTS) is 1. The van der Waals surface area contributed by atoms with Crippen molar-refractivity contribution >= 4 is 39.4 Å². The van der Waals surface area contributed by atoms with Gasteiger partial charge in [-0.15, -0.1) is 0 Å². The van der Waals surface area contributed by atoms with E-state index in [1.165, 1.54) is 12.1 Å². The van der Waals surface area contributed by atoms with Crippen molar-refractivity contribution in [3.8, 4) is 0 Å². The van der Waals surface area contributed by atoms with E-state index in [2.05, 4.69) is 21.2 Å². The average Bonchev–Trinajstić information content (AvgIpc) is 2.90. The molecule has 1 heterocycles. The Kier molecular flexibility index (Phi) is 6.55.